The van der Waals surface area contributed by atoms with Gasteiger partial charge in [0.05, 0.1) is 19.8 Å². The van der Waals surface area contributed by atoms with E-state index >= 15 is 0 Å². The molecule has 0 spiro atoms. The zero-order valence-electron chi connectivity index (χ0n) is 12.7. The van der Waals surface area contributed by atoms with E-state index in [1.165, 1.54) is 26.4 Å². The van der Waals surface area contributed by atoms with E-state index in [1.807, 2.05) is 6.07 Å². The molecule has 0 aliphatic carbocycles. The third kappa shape index (κ3) is 4.56. The molecule has 2 aromatic carbocycles. The second-order valence-electron chi connectivity index (χ2n) is 4.61. The molecule has 0 heterocycles. The van der Waals surface area contributed by atoms with E-state index in [0.717, 1.165) is 4.47 Å². The molecule has 6 heteroatoms. The quantitative estimate of drug-likeness (QED) is 0.568. The number of ketones is 1. The zero-order chi connectivity index (χ0) is 16.8. The van der Waals surface area contributed by atoms with Crippen molar-refractivity contribution >= 4 is 27.7 Å². The van der Waals surface area contributed by atoms with Crippen molar-refractivity contribution in [2.45, 2.75) is 0 Å². The van der Waals surface area contributed by atoms with Crippen LogP contribution in [0, 0.1) is 0 Å². The van der Waals surface area contributed by atoms with Gasteiger partial charge in [0.25, 0.3) is 0 Å². The van der Waals surface area contributed by atoms with Gasteiger partial charge in [-0.2, -0.15) is 0 Å². The van der Waals surface area contributed by atoms with Gasteiger partial charge in [0.2, 0.25) is 0 Å². The predicted octanol–water partition coefficient (Wildman–Crippen LogP) is 3.51. The SMILES string of the molecule is COc1cc(OC)cc(C(=O)OCC(=O)c2cccc(Br)c2)c1. The fraction of sp³-hybridized carbons (Fsp3) is 0.176. The van der Waals surface area contributed by atoms with Gasteiger partial charge in [-0.25, -0.2) is 4.79 Å². The minimum atomic E-state index is -0.620. The van der Waals surface area contributed by atoms with Crippen molar-refractivity contribution in [2.75, 3.05) is 20.8 Å². The van der Waals surface area contributed by atoms with Crippen molar-refractivity contribution in [1.29, 1.82) is 0 Å². The zero-order valence-corrected chi connectivity index (χ0v) is 14.3. The Morgan fingerprint density at radius 2 is 1.61 bits per heavy atom. The fourth-order valence-corrected chi connectivity index (χ4v) is 2.28. The fourth-order valence-electron chi connectivity index (χ4n) is 1.88. The van der Waals surface area contributed by atoms with E-state index in [2.05, 4.69) is 15.9 Å². The van der Waals surface area contributed by atoms with Crippen LogP contribution in [-0.4, -0.2) is 32.6 Å². The van der Waals surface area contributed by atoms with E-state index in [0.29, 0.717) is 17.1 Å². The number of methoxy groups -OCH3 is 2. The lowest BCUT2D eigenvalue weighted by atomic mass is 10.1. The van der Waals surface area contributed by atoms with E-state index in [9.17, 15) is 9.59 Å². The van der Waals surface area contributed by atoms with Crippen molar-refractivity contribution in [2.24, 2.45) is 0 Å². The van der Waals surface area contributed by atoms with Crippen molar-refractivity contribution in [3.8, 4) is 11.5 Å². The highest BCUT2D eigenvalue weighted by Gasteiger charge is 2.14. The van der Waals surface area contributed by atoms with Gasteiger partial charge in [-0.1, -0.05) is 28.1 Å². The predicted molar refractivity (Wildman–Crippen MR) is 88.3 cm³/mol. The second kappa shape index (κ2) is 7.78. The lowest BCUT2D eigenvalue weighted by molar-refractivity contribution is 0.0474. The molecule has 0 aliphatic heterocycles. The Morgan fingerprint density at radius 3 is 2.17 bits per heavy atom. The van der Waals surface area contributed by atoms with E-state index in [4.69, 9.17) is 14.2 Å². The maximum Gasteiger partial charge on any atom is 0.338 e. The number of rotatable bonds is 6. The summed E-state index contributed by atoms with van der Waals surface area (Å²) >= 11 is 3.29. The van der Waals surface area contributed by atoms with E-state index in [1.54, 1.807) is 24.3 Å². The van der Waals surface area contributed by atoms with Crippen LogP contribution in [0.15, 0.2) is 46.9 Å². The maximum atomic E-state index is 12.1. The summed E-state index contributed by atoms with van der Waals surface area (Å²) in [5, 5.41) is 0. The monoisotopic (exact) mass is 378 g/mol. The summed E-state index contributed by atoms with van der Waals surface area (Å²) in [6.07, 6.45) is 0. The molecule has 0 fully saturated rings. The number of Topliss-reactive ketones (excluding diaryl/α,β-unsaturated/α-hetero) is 1. The first-order valence-electron chi connectivity index (χ1n) is 6.72. The first-order valence-corrected chi connectivity index (χ1v) is 7.51. The molecule has 2 aromatic rings. The molecule has 120 valence electrons. The summed E-state index contributed by atoms with van der Waals surface area (Å²) in [4.78, 5) is 24.1. The average Bonchev–Trinajstić information content (AvgIpc) is 2.58. The Balaban J connectivity index is 2.06. The van der Waals surface area contributed by atoms with Crippen molar-refractivity contribution in [3.63, 3.8) is 0 Å². The molecule has 0 amide bonds. The average molecular weight is 379 g/mol. The summed E-state index contributed by atoms with van der Waals surface area (Å²) < 4.78 is 16.0. The number of hydrogen-bond donors (Lipinski definition) is 0. The van der Waals surface area contributed by atoms with Crippen molar-refractivity contribution in [3.05, 3.63) is 58.1 Å². The first-order chi connectivity index (χ1) is 11.0. The highest BCUT2D eigenvalue weighted by Crippen LogP contribution is 2.23. The number of ether oxygens (including phenoxy) is 3. The lowest BCUT2D eigenvalue weighted by Gasteiger charge is -2.08. The van der Waals surface area contributed by atoms with Gasteiger partial charge in [-0.05, 0) is 24.3 Å². The summed E-state index contributed by atoms with van der Waals surface area (Å²) in [7, 11) is 2.97. The third-order valence-electron chi connectivity index (χ3n) is 3.07. The van der Waals surface area contributed by atoms with Crippen LogP contribution >= 0.6 is 15.9 Å². The van der Waals surface area contributed by atoms with Crippen molar-refractivity contribution < 1.29 is 23.8 Å². The number of carbonyl (C=O) groups excluding carboxylic acids is 2. The van der Waals surface area contributed by atoms with Gasteiger partial charge in [-0.15, -0.1) is 0 Å². The Labute approximate surface area is 142 Å². The molecule has 5 nitrogen and oxygen atoms in total. The van der Waals surface area contributed by atoms with Gasteiger partial charge >= 0.3 is 5.97 Å². The maximum absolute atomic E-state index is 12.1. The highest BCUT2D eigenvalue weighted by atomic mass is 79.9. The number of halogens is 1. The van der Waals surface area contributed by atoms with Crippen LogP contribution in [-0.2, 0) is 4.74 Å². The molecular formula is C17H15BrO5. The molecule has 0 bridgehead atoms. The summed E-state index contributed by atoms with van der Waals surface area (Å²) in [6.45, 7) is -0.338. The van der Waals surface area contributed by atoms with E-state index < -0.39 is 5.97 Å². The molecule has 2 rings (SSSR count). The first kappa shape index (κ1) is 17.0. The number of carbonyl (C=O) groups is 2. The van der Waals surface area contributed by atoms with Crippen LogP contribution in [0.1, 0.15) is 20.7 Å². The Kier molecular flexibility index (Phi) is 5.76. The highest BCUT2D eigenvalue weighted by molar-refractivity contribution is 9.10. The summed E-state index contributed by atoms with van der Waals surface area (Å²) in [5.41, 5.74) is 0.721. The lowest BCUT2D eigenvalue weighted by Crippen LogP contribution is -2.14. The molecule has 0 radical (unpaired) electrons. The summed E-state index contributed by atoms with van der Waals surface area (Å²) in [6, 6.07) is 11.6. The van der Waals surface area contributed by atoms with Gasteiger partial charge < -0.3 is 14.2 Å². The third-order valence-corrected chi connectivity index (χ3v) is 3.56. The minimum absolute atomic E-state index is 0.253. The van der Waals surface area contributed by atoms with Crippen LogP contribution in [0.3, 0.4) is 0 Å². The van der Waals surface area contributed by atoms with Crippen LogP contribution in [0.5, 0.6) is 11.5 Å². The molecule has 0 aliphatic rings. The normalized spacial score (nSPS) is 10.0. The van der Waals surface area contributed by atoms with Crippen LogP contribution in [0.4, 0.5) is 0 Å². The van der Waals surface area contributed by atoms with Gasteiger partial charge in [-0.3, -0.25) is 4.79 Å². The molecular weight excluding hydrogens is 364 g/mol. The van der Waals surface area contributed by atoms with Gasteiger partial charge in [0.1, 0.15) is 11.5 Å². The Hall–Kier alpha value is -2.34. The molecule has 0 saturated heterocycles. The number of benzene rings is 2. The molecule has 0 saturated carbocycles. The van der Waals surface area contributed by atoms with Crippen LogP contribution in [0.25, 0.3) is 0 Å². The number of esters is 1. The molecule has 0 unspecified atom stereocenters. The molecule has 0 atom stereocenters. The second-order valence-corrected chi connectivity index (χ2v) is 5.53. The number of hydrogen-bond acceptors (Lipinski definition) is 5. The van der Waals surface area contributed by atoms with Gasteiger partial charge in [0, 0.05) is 16.1 Å². The van der Waals surface area contributed by atoms with Crippen LogP contribution < -0.4 is 9.47 Å². The smallest absolute Gasteiger partial charge is 0.338 e. The molecule has 0 aromatic heterocycles. The molecule has 0 N–H and O–H groups in total. The Bertz CT molecular complexity index is 704. The minimum Gasteiger partial charge on any atom is -0.497 e. The molecule has 23 heavy (non-hydrogen) atoms. The van der Waals surface area contributed by atoms with E-state index in [-0.39, 0.29) is 18.0 Å². The Morgan fingerprint density at radius 1 is 0.957 bits per heavy atom. The van der Waals surface area contributed by atoms with Crippen LogP contribution in [0.2, 0.25) is 0 Å². The topological polar surface area (TPSA) is 61.8 Å². The summed E-state index contributed by atoms with van der Waals surface area (Å²) in [5.74, 6) is 0.0318. The van der Waals surface area contributed by atoms with Crippen molar-refractivity contribution in [1.82, 2.24) is 0 Å². The van der Waals surface area contributed by atoms with Gasteiger partial charge in [0.15, 0.2) is 12.4 Å². The largest absolute Gasteiger partial charge is 0.497 e. The standard InChI is InChI=1S/C17H15BrO5/c1-21-14-7-12(8-15(9-14)22-2)17(20)23-10-16(19)11-4-3-5-13(18)6-11/h3-9H,10H2,1-2H3.